The molecule has 3 heterocycles. The second-order valence-electron chi connectivity index (χ2n) is 8.78. The number of Topliss-reactive ketones (excluding diaryl/α,β-unsaturated/α-hetero) is 2. The first-order valence-electron chi connectivity index (χ1n) is 12.4. The average molecular weight is 582 g/mol. The Balaban J connectivity index is 1.42. The maximum atomic E-state index is 12.6. The maximum Gasteiger partial charge on any atom is 0.205 e. The number of ketones is 2. The molecule has 0 atom stereocenters. The molecule has 0 N–H and O–H groups in total. The maximum absolute atomic E-state index is 12.6. The van der Waals surface area contributed by atoms with E-state index in [1.165, 1.54) is 66.1 Å². The first-order chi connectivity index (χ1) is 19.8. The minimum atomic E-state index is -0.259. The zero-order valence-electron chi connectivity index (χ0n) is 23.2. The fraction of sp³-hybridized carbons (Fsp3) is 0.276. The van der Waals surface area contributed by atoms with Crippen LogP contribution in [0.25, 0.3) is 21.9 Å². The van der Waals surface area contributed by atoms with Crippen LogP contribution >= 0.6 is 11.3 Å². The predicted molar refractivity (Wildman–Crippen MR) is 149 cm³/mol. The lowest BCUT2D eigenvalue weighted by molar-refractivity contribution is 0.0996. The number of methoxy groups -OCH3 is 4. The minimum absolute atomic E-state index is 0.0326. The van der Waals surface area contributed by atoms with E-state index < -0.39 is 0 Å². The Kier molecular flexibility index (Phi) is 7.75. The molecule has 12 heteroatoms. The zero-order valence-corrected chi connectivity index (χ0v) is 24.1. The van der Waals surface area contributed by atoms with Gasteiger partial charge >= 0.3 is 0 Å². The summed E-state index contributed by atoms with van der Waals surface area (Å²) in [4.78, 5) is 30.4. The number of carbonyl (C=O) groups excluding carboxylic acids is 2. The van der Waals surface area contributed by atoms with Crippen molar-refractivity contribution in [2.45, 2.75) is 27.1 Å². The van der Waals surface area contributed by atoms with Gasteiger partial charge in [-0.2, -0.15) is 0 Å². The standard InChI is InChI=1S/C29H27NO10S/c1-14(31)20-22(33-3)17-7-9-37-24(17)28(35-5)26(20)39-12-16-11-30-19(41-16)13-40-27-21(15(2)32)23(34-4)18-8-10-38-25(18)29(27)36-6/h7-11H,12-13H2,1-6H3. The molecule has 11 nitrogen and oxygen atoms in total. The Hall–Kier alpha value is -4.71. The normalized spacial score (nSPS) is 11.1. The van der Waals surface area contributed by atoms with Crippen molar-refractivity contribution in [2.24, 2.45) is 0 Å². The second-order valence-corrected chi connectivity index (χ2v) is 9.98. The number of fused-ring (bicyclic) bond motifs is 2. The molecule has 3 aromatic heterocycles. The number of aromatic nitrogens is 1. The van der Waals surface area contributed by atoms with Gasteiger partial charge in [-0.1, -0.05) is 0 Å². The average Bonchev–Trinajstić information content (AvgIpc) is 3.73. The Labute approximate surface area is 238 Å². The number of benzene rings is 2. The van der Waals surface area contributed by atoms with Crippen LogP contribution < -0.4 is 28.4 Å². The highest BCUT2D eigenvalue weighted by Gasteiger charge is 2.29. The molecular formula is C29H27NO10S. The highest BCUT2D eigenvalue weighted by atomic mass is 32.1. The first-order valence-corrected chi connectivity index (χ1v) is 13.2. The van der Waals surface area contributed by atoms with Gasteiger partial charge in [0.05, 0.1) is 56.6 Å². The molecule has 0 bridgehead atoms. The number of rotatable bonds is 12. The SMILES string of the molecule is COc1c(C(C)=O)c(OCc2cnc(COc3c(C(C)=O)c(OC)c4ccoc4c3OC)s2)c(OC)c2occc12. The van der Waals surface area contributed by atoms with Crippen LogP contribution in [0.15, 0.2) is 39.7 Å². The Bertz CT molecular complexity index is 1640. The van der Waals surface area contributed by atoms with E-state index in [-0.39, 0.29) is 58.9 Å². The van der Waals surface area contributed by atoms with E-state index in [1.807, 2.05) is 0 Å². The van der Waals surface area contributed by atoms with E-state index in [0.717, 1.165) is 4.88 Å². The van der Waals surface area contributed by atoms with Crippen LogP contribution in [-0.4, -0.2) is 45.0 Å². The molecule has 0 radical (unpaired) electrons. The molecule has 0 fully saturated rings. The van der Waals surface area contributed by atoms with E-state index in [2.05, 4.69) is 4.98 Å². The van der Waals surface area contributed by atoms with Gasteiger partial charge in [-0.05, 0) is 26.0 Å². The molecule has 0 amide bonds. The van der Waals surface area contributed by atoms with E-state index in [4.69, 9.17) is 37.3 Å². The van der Waals surface area contributed by atoms with E-state index in [9.17, 15) is 9.59 Å². The molecule has 5 aromatic rings. The van der Waals surface area contributed by atoms with Gasteiger partial charge in [0, 0.05) is 6.20 Å². The quantitative estimate of drug-likeness (QED) is 0.155. The molecule has 2 aromatic carbocycles. The fourth-order valence-electron chi connectivity index (χ4n) is 4.71. The number of ether oxygens (including phenoxy) is 6. The lowest BCUT2D eigenvalue weighted by Gasteiger charge is -2.17. The third-order valence-corrected chi connectivity index (χ3v) is 7.32. The first kappa shape index (κ1) is 27.8. The van der Waals surface area contributed by atoms with Crippen molar-refractivity contribution in [1.82, 2.24) is 4.98 Å². The molecule has 5 rings (SSSR count). The Morgan fingerprint density at radius 1 is 0.707 bits per heavy atom. The lowest BCUT2D eigenvalue weighted by Crippen LogP contribution is -2.06. The highest BCUT2D eigenvalue weighted by molar-refractivity contribution is 7.11. The van der Waals surface area contributed by atoms with E-state index >= 15 is 0 Å². The van der Waals surface area contributed by atoms with Crippen LogP contribution in [0.5, 0.6) is 34.5 Å². The molecule has 0 spiro atoms. The summed E-state index contributed by atoms with van der Waals surface area (Å²) in [6.45, 7) is 2.97. The monoisotopic (exact) mass is 581 g/mol. The van der Waals surface area contributed by atoms with Crippen molar-refractivity contribution >= 4 is 44.8 Å². The van der Waals surface area contributed by atoms with Gasteiger partial charge in [-0.15, -0.1) is 11.3 Å². The molecule has 214 valence electrons. The summed E-state index contributed by atoms with van der Waals surface area (Å²) < 4.78 is 45.6. The largest absolute Gasteiger partial charge is 0.495 e. The number of carbonyl (C=O) groups is 2. The van der Waals surface area contributed by atoms with Crippen LogP contribution in [0, 0.1) is 0 Å². The highest BCUT2D eigenvalue weighted by Crippen LogP contribution is 2.48. The van der Waals surface area contributed by atoms with Crippen LogP contribution in [0.1, 0.15) is 44.4 Å². The smallest absolute Gasteiger partial charge is 0.205 e. The summed E-state index contributed by atoms with van der Waals surface area (Å²) in [6.07, 6.45) is 4.62. The van der Waals surface area contributed by atoms with Gasteiger partial charge < -0.3 is 37.3 Å². The van der Waals surface area contributed by atoms with Gasteiger partial charge in [-0.25, -0.2) is 4.98 Å². The fourth-order valence-corrected chi connectivity index (χ4v) is 5.45. The van der Waals surface area contributed by atoms with E-state index in [0.29, 0.717) is 38.4 Å². The van der Waals surface area contributed by atoms with Crippen molar-refractivity contribution in [3.05, 3.63) is 51.9 Å². The van der Waals surface area contributed by atoms with Gasteiger partial charge in [0.2, 0.25) is 11.5 Å². The van der Waals surface area contributed by atoms with Crippen LogP contribution in [-0.2, 0) is 13.2 Å². The van der Waals surface area contributed by atoms with Gasteiger partial charge in [-0.3, -0.25) is 9.59 Å². The summed E-state index contributed by atoms with van der Waals surface area (Å²) in [5.41, 5.74) is 1.29. The van der Waals surface area contributed by atoms with Crippen LogP contribution in [0.2, 0.25) is 0 Å². The van der Waals surface area contributed by atoms with Crippen LogP contribution in [0.4, 0.5) is 0 Å². The van der Waals surface area contributed by atoms with E-state index in [1.54, 1.807) is 18.3 Å². The Morgan fingerprint density at radius 3 is 1.61 bits per heavy atom. The predicted octanol–water partition coefficient (Wildman–Crippen LogP) is 6.23. The minimum Gasteiger partial charge on any atom is -0.495 e. The zero-order chi connectivity index (χ0) is 29.3. The molecule has 0 unspecified atom stereocenters. The molecule has 41 heavy (non-hydrogen) atoms. The topological polar surface area (TPSA) is 129 Å². The number of thiazole rings is 1. The second kappa shape index (κ2) is 11.4. The van der Waals surface area contributed by atoms with Crippen molar-refractivity contribution in [1.29, 1.82) is 0 Å². The molecule has 0 saturated heterocycles. The lowest BCUT2D eigenvalue weighted by atomic mass is 10.0. The molecule has 0 aliphatic rings. The summed E-state index contributed by atoms with van der Waals surface area (Å²) in [5.74, 6) is 1.14. The number of hydrogen-bond acceptors (Lipinski definition) is 12. The molecule has 0 aliphatic carbocycles. The van der Waals surface area contributed by atoms with Gasteiger partial charge in [0.15, 0.2) is 34.2 Å². The summed E-state index contributed by atoms with van der Waals surface area (Å²) in [6, 6.07) is 3.40. The van der Waals surface area contributed by atoms with Crippen molar-refractivity contribution in [2.75, 3.05) is 28.4 Å². The number of furan rings is 2. The summed E-state index contributed by atoms with van der Waals surface area (Å²) in [7, 11) is 5.90. The number of nitrogens with zero attached hydrogens (tertiary/aromatic N) is 1. The third-order valence-electron chi connectivity index (χ3n) is 6.37. The molecule has 0 aliphatic heterocycles. The van der Waals surface area contributed by atoms with Crippen molar-refractivity contribution in [3.63, 3.8) is 0 Å². The summed E-state index contributed by atoms with van der Waals surface area (Å²) >= 11 is 1.34. The number of hydrogen-bond donors (Lipinski definition) is 0. The van der Waals surface area contributed by atoms with Gasteiger partial charge in [0.1, 0.15) is 40.8 Å². The van der Waals surface area contributed by atoms with Gasteiger partial charge in [0.25, 0.3) is 0 Å². The molecule has 0 saturated carbocycles. The van der Waals surface area contributed by atoms with Crippen LogP contribution in [0.3, 0.4) is 0 Å². The third kappa shape index (κ3) is 4.80. The Morgan fingerprint density at radius 2 is 1.17 bits per heavy atom. The molecular weight excluding hydrogens is 554 g/mol. The summed E-state index contributed by atoms with van der Waals surface area (Å²) in [5, 5.41) is 1.81. The van der Waals surface area contributed by atoms with Crippen molar-refractivity contribution < 1.29 is 46.8 Å². The van der Waals surface area contributed by atoms with Crippen molar-refractivity contribution in [3.8, 4) is 34.5 Å².